The molecule has 1 atom stereocenters. The van der Waals surface area contributed by atoms with Gasteiger partial charge in [0.05, 0.1) is 10.7 Å². The van der Waals surface area contributed by atoms with Crippen molar-refractivity contribution in [2.24, 2.45) is 0 Å². The van der Waals surface area contributed by atoms with Crippen LogP contribution in [-0.4, -0.2) is 6.04 Å². The van der Waals surface area contributed by atoms with Gasteiger partial charge in [0, 0.05) is 10.5 Å². The lowest BCUT2D eigenvalue weighted by Gasteiger charge is -2.15. The Kier molecular flexibility index (Phi) is 4.76. The molecule has 14 heavy (non-hydrogen) atoms. The van der Waals surface area contributed by atoms with Crippen LogP contribution >= 0.6 is 27.5 Å². The van der Waals surface area contributed by atoms with Crippen molar-refractivity contribution >= 4 is 33.2 Å². The van der Waals surface area contributed by atoms with Crippen LogP contribution < -0.4 is 5.32 Å². The molecule has 0 aliphatic carbocycles. The Labute approximate surface area is 99.0 Å². The van der Waals surface area contributed by atoms with Crippen LogP contribution in [0.15, 0.2) is 22.7 Å². The van der Waals surface area contributed by atoms with Crippen molar-refractivity contribution in [2.45, 2.75) is 32.7 Å². The topological polar surface area (TPSA) is 12.0 Å². The molecular weight excluding hydrogens is 261 g/mol. The van der Waals surface area contributed by atoms with E-state index in [2.05, 4.69) is 35.1 Å². The molecule has 0 spiro atoms. The van der Waals surface area contributed by atoms with E-state index in [1.54, 1.807) is 0 Å². The predicted octanol–water partition coefficient (Wildman–Crippen LogP) is 4.70. The Hall–Kier alpha value is -0.210. The second-order valence-corrected chi connectivity index (χ2v) is 4.78. The third kappa shape index (κ3) is 3.50. The summed E-state index contributed by atoms with van der Waals surface area (Å²) in [5, 5.41) is 4.16. The molecule has 0 saturated carbocycles. The highest BCUT2D eigenvalue weighted by Gasteiger charge is 2.04. The molecule has 0 aromatic heterocycles. The van der Waals surface area contributed by atoms with Gasteiger partial charge in [-0.3, -0.25) is 0 Å². The lowest BCUT2D eigenvalue weighted by atomic mass is 10.2. The molecule has 3 heteroatoms. The smallest absolute Gasteiger partial charge is 0.0638 e. The van der Waals surface area contributed by atoms with E-state index in [4.69, 9.17) is 11.6 Å². The largest absolute Gasteiger partial charge is 0.381 e. The molecule has 0 aliphatic rings. The van der Waals surface area contributed by atoms with Gasteiger partial charge in [-0.15, -0.1) is 0 Å². The molecule has 1 unspecified atom stereocenters. The van der Waals surface area contributed by atoms with Crippen molar-refractivity contribution in [1.29, 1.82) is 0 Å². The number of anilines is 1. The summed E-state index contributed by atoms with van der Waals surface area (Å²) in [6.07, 6.45) is 2.34. The Balaban J connectivity index is 2.70. The van der Waals surface area contributed by atoms with Crippen LogP contribution in [0.25, 0.3) is 0 Å². The number of nitrogens with one attached hydrogen (secondary N) is 1. The highest BCUT2D eigenvalue weighted by molar-refractivity contribution is 9.10. The first-order valence-corrected chi connectivity index (χ1v) is 6.02. The lowest BCUT2D eigenvalue weighted by Crippen LogP contribution is -2.14. The van der Waals surface area contributed by atoms with Crippen LogP contribution in [0.2, 0.25) is 5.02 Å². The van der Waals surface area contributed by atoms with E-state index in [1.165, 1.54) is 6.42 Å². The summed E-state index contributed by atoms with van der Waals surface area (Å²) >= 11 is 9.48. The van der Waals surface area contributed by atoms with Crippen molar-refractivity contribution in [3.63, 3.8) is 0 Å². The molecule has 1 nitrogen and oxygen atoms in total. The minimum absolute atomic E-state index is 0.465. The van der Waals surface area contributed by atoms with Gasteiger partial charge < -0.3 is 5.32 Å². The van der Waals surface area contributed by atoms with Gasteiger partial charge in [0.1, 0.15) is 0 Å². The molecule has 0 fully saturated rings. The van der Waals surface area contributed by atoms with Gasteiger partial charge in [0.25, 0.3) is 0 Å². The second kappa shape index (κ2) is 5.62. The van der Waals surface area contributed by atoms with E-state index >= 15 is 0 Å². The first kappa shape index (κ1) is 11.9. The zero-order chi connectivity index (χ0) is 10.6. The summed E-state index contributed by atoms with van der Waals surface area (Å²) in [4.78, 5) is 0. The number of hydrogen-bond donors (Lipinski definition) is 1. The van der Waals surface area contributed by atoms with Crippen molar-refractivity contribution in [1.82, 2.24) is 0 Å². The fourth-order valence-electron chi connectivity index (χ4n) is 1.38. The summed E-state index contributed by atoms with van der Waals surface area (Å²) in [7, 11) is 0. The van der Waals surface area contributed by atoms with E-state index < -0.39 is 0 Å². The third-order valence-electron chi connectivity index (χ3n) is 2.05. The fourth-order valence-corrected chi connectivity index (χ4v) is 1.91. The van der Waals surface area contributed by atoms with Gasteiger partial charge in [-0.05, 0) is 31.5 Å². The summed E-state index contributed by atoms with van der Waals surface area (Å²) < 4.78 is 1.05. The predicted molar refractivity (Wildman–Crippen MR) is 67.1 cm³/mol. The molecular formula is C11H15BrClN. The molecule has 1 N–H and O–H groups in total. The van der Waals surface area contributed by atoms with Gasteiger partial charge in [0.15, 0.2) is 0 Å². The maximum absolute atomic E-state index is 6.06. The summed E-state index contributed by atoms with van der Waals surface area (Å²) in [6, 6.07) is 6.31. The molecule has 0 amide bonds. The maximum Gasteiger partial charge on any atom is 0.0638 e. The molecule has 78 valence electrons. The normalized spacial score (nSPS) is 12.6. The lowest BCUT2D eigenvalue weighted by molar-refractivity contribution is 0.690. The fraction of sp³-hybridized carbons (Fsp3) is 0.455. The zero-order valence-electron chi connectivity index (χ0n) is 8.48. The standard InChI is InChI=1S/C11H15BrClN/c1-3-4-8(2)14-11-7-9(12)5-6-10(11)13/h5-8,14H,3-4H2,1-2H3. The monoisotopic (exact) mass is 275 g/mol. The third-order valence-corrected chi connectivity index (χ3v) is 2.87. The van der Waals surface area contributed by atoms with E-state index in [0.717, 1.165) is 21.6 Å². The van der Waals surface area contributed by atoms with Crippen LogP contribution in [0, 0.1) is 0 Å². The van der Waals surface area contributed by atoms with Crippen LogP contribution in [0.1, 0.15) is 26.7 Å². The highest BCUT2D eigenvalue weighted by Crippen LogP contribution is 2.26. The molecule has 0 bridgehead atoms. The minimum atomic E-state index is 0.465. The Morgan fingerprint density at radius 3 is 2.86 bits per heavy atom. The molecule has 0 heterocycles. The number of benzene rings is 1. The molecule has 1 aromatic carbocycles. The minimum Gasteiger partial charge on any atom is -0.381 e. The first-order valence-electron chi connectivity index (χ1n) is 4.85. The van der Waals surface area contributed by atoms with E-state index in [0.29, 0.717) is 6.04 Å². The van der Waals surface area contributed by atoms with Gasteiger partial charge in [-0.2, -0.15) is 0 Å². The summed E-state index contributed by atoms with van der Waals surface area (Å²) in [5.74, 6) is 0. The van der Waals surface area contributed by atoms with Gasteiger partial charge in [-0.25, -0.2) is 0 Å². The van der Waals surface area contributed by atoms with E-state index in [-0.39, 0.29) is 0 Å². The molecule has 1 aromatic rings. The van der Waals surface area contributed by atoms with E-state index in [1.807, 2.05) is 18.2 Å². The number of rotatable bonds is 4. The number of halogens is 2. The second-order valence-electron chi connectivity index (χ2n) is 3.46. The zero-order valence-corrected chi connectivity index (χ0v) is 10.8. The molecule has 0 saturated heterocycles. The summed E-state index contributed by atoms with van der Waals surface area (Å²) in [5.41, 5.74) is 1.00. The summed E-state index contributed by atoms with van der Waals surface area (Å²) in [6.45, 7) is 4.35. The Morgan fingerprint density at radius 1 is 1.50 bits per heavy atom. The van der Waals surface area contributed by atoms with Crippen LogP contribution in [0.5, 0.6) is 0 Å². The van der Waals surface area contributed by atoms with Gasteiger partial charge in [-0.1, -0.05) is 40.9 Å². The maximum atomic E-state index is 6.06. The van der Waals surface area contributed by atoms with Crippen LogP contribution in [0.3, 0.4) is 0 Å². The van der Waals surface area contributed by atoms with Gasteiger partial charge >= 0.3 is 0 Å². The Bertz CT molecular complexity index is 301. The van der Waals surface area contributed by atoms with E-state index in [9.17, 15) is 0 Å². The molecule has 0 aliphatic heterocycles. The van der Waals surface area contributed by atoms with Crippen LogP contribution in [0.4, 0.5) is 5.69 Å². The van der Waals surface area contributed by atoms with Crippen molar-refractivity contribution in [3.8, 4) is 0 Å². The first-order chi connectivity index (χ1) is 6.63. The quantitative estimate of drug-likeness (QED) is 0.840. The van der Waals surface area contributed by atoms with Crippen LogP contribution in [-0.2, 0) is 0 Å². The Morgan fingerprint density at radius 2 is 2.21 bits per heavy atom. The highest BCUT2D eigenvalue weighted by atomic mass is 79.9. The van der Waals surface area contributed by atoms with Crippen molar-refractivity contribution in [3.05, 3.63) is 27.7 Å². The van der Waals surface area contributed by atoms with Gasteiger partial charge in [0.2, 0.25) is 0 Å². The van der Waals surface area contributed by atoms with Crippen molar-refractivity contribution in [2.75, 3.05) is 5.32 Å². The molecule has 0 radical (unpaired) electrons. The van der Waals surface area contributed by atoms with Crippen molar-refractivity contribution < 1.29 is 0 Å². The molecule has 1 rings (SSSR count). The average Bonchev–Trinajstić information content (AvgIpc) is 2.12. The SMILES string of the molecule is CCCC(C)Nc1cc(Br)ccc1Cl. The average molecular weight is 277 g/mol. The number of hydrogen-bond acceptors (Lipinski definition) is 1.